The molecule has 0 aliphatic carbocycles. The number of aromatic hydroxyl groups is 1. The van der Waals surface area contributed by atoms with Crippen LogP contribution in [0.25, 0.3) is 32.8 Å². The highest BCUT2D eigenvalue weighted by Gasteiger charge is 2.26. The Morgan fingerprint density at radius 2 is 1.80 bits per heavy atom. The van der Waals surface area contributed by atoms with Crippen LogP contribution in [0, 0.1) is 11.7 Å². The zero-order chi connectivity index (χ0) is 24.4. The molecule has 0 unspecified atom stereocenters. The predicted molar refractivity (Wildman–Crippen MR) is 136 cm³/mol. The Kier molecular flexibility index (Phi) is 7.00. The first-order chi connectivity index (χ1) is 17.0. The number of ether oxygens (including phenoxy) is 1. The Morgan fingerprint density at radius 3 is 2.51 bits per heavy atom. The first-order valence-corrected chi connectivity index (χ1v) is 12.4. The van der Waals surface area contributed by atoms with Gasteiger partial charge in [-0.05, 0) is 65.1 Å². The van der Waals surface area contributed by atoms with E-state index < -0.39 is 5.82 Å². The number of aromatic nitrogens is 1. The summed E-state index contributed by atoms with van der Waals surface area (Å²) in [5.74, 6) is -0.0249. The van der Waals surface area contributed by atoms with Crippen LogP contribution in [0.5, 0.6) is 11.5 Å². The van der Waals surface area contributed by atoms with Crippen molar-refractivity contribution in [1.82, 2.24) is 9.27 Å². The molecule has 1 aromatic heterocycles. The van der Waals surface area contributed by atoms with E-state index in [2.05, 4.69) is 9.27 Å². The van der Waals surface area contributed by atoms with Crippen LogP contribution in [0.15, 0.2) is 66.7 Å². The molecule has 5 rings (SSSR count). The minimum absolute atomic E-state index is 0.111. The van der Waals surface area contributed by atoms with Gasteiger partial charge in [0.1, 0.15) is 12.4 Å². The van der Waals surface area contributed by atoms with E-state index in [0.29, 0.717) is 29.4 Å². The van der Waals surface area contributed by atoms with E-state index >= 15 is 4.39 Å². The first-order valence-electron chi connectivity index (χ1n) is 11.3. The van der Waals surface area contributed by atoms with Crippen LogP contribution < -0.4 is 4.74 Å². The molecule has 0 spiro atoms. The maximum absolute atomic E-state index is 15.1. The molecule has 1 aliphatic rings. The zero-order valence-electron chi connectivity index (χ0n) is 18.8. The van der Waals surface area contributed by atoms with E-state index in [1.54, 1.807) is 36.4 Å². The van der Waals surface area contributed by atoms with Gasteiger partial charge in [0.05, 0.1) is 22.3 Å². The summed E-state index contributed by atoms with van der Waals surface area (Å²) in [4.78, 5) is 2.93. The van der Waals surface area contributed by atoms with Gasteiger partial charge in [-0.15, -0.1) is 0 Å². The Bertz CT molecular complexity index is 1320. The van der Waals surface area contributed by atoms with Crippen LogP contribution in [0.3, 0.4) is 0 Å². The molecule has 2 heterocycles. The molecule has 1 N–H and O–H groups in total. The summed E-state index contributed by atoms with van der Waals surface area (Å²) in [6, 6.07) is 19.1. The number of alkyl halides is 1. The second-order valence-corrected chi connectivity index (χ2v) is 9.72. The normalized spacial score (nSPS) is 14.1. The largest absolute Gasteiger partial charge is 0.508 e. The van der Waals surface area contributed by atoms with Gasteiger partial charge in [-0.2, -0.15) is 4.37 Å². The van der Waals surface area contributed by atoms with Crippen molar-refractivity contribution in [3.8, 4) is 44.3 Å². The molecule has 1 fully saturated rings. The minimum Gasteiger partial charge on any atom is -0.508 e. The predicted octanol–water partition coefficient (Wildman–Crippen LogP) is 6.92. The van der Waals surface area contributed by atoms with Crippen LogP contribution in [0.1, 0.15) is 0 Å². The fourth-order valence-corrected chi connectivity index (χ4v) is 5.36. The lowest BCUT2D eigenvalue weighted by atomic mass is 9.96. The Labute approximate surface area is 211 Å². The van der Waals surface area contributed by atoms with Crippen molar-refractivity contribution < 1.29 is 18.6 Å². The highest BCUT2D eigenvalue weighted by molar-refractivity contribution is 7.10. The summed E-state index contributed by atoms with van der Waals surface area (Å²) in [6.07, 6.45) is 0. The van der Waals surface area contributed by atoms with Crippen LogP contribution >= 0.6 is 23.1 Å². The van der Waals surface area contributed by atoms with E-state index in [1.807, 2.05) is 24.3 Å². The van der Waals surface area contributed by atoms with Crippen molar-refractivity contribution in [1.29, 1.82) is 0 Å². The Balaban J connectivity index is 1.46. The number of phenolic OH excluding ortho intramolecular Hbond substituents is 1. The van der Waals surface area contributed by atoms with Gasteiger partial charge in [-0.1, -0.05) is 35.9 Å². The number of phenols is 1. The van der Waals surface area contributed by atoms with Gasteiger partial charge in [-0.3, -0.25) is 9.29 Å². The number of hydrogen-bond donors (Lipinski definition) is 1. The highest BCUT2D eigenvalue weighted by Crippen LogP contribution is 2.45. The maximum Gasteiger partial charge on any atom is 0.165 e. The first kappa shape index (κ1) is 23.7. The number of benzene rings is 3. The highest BCUT2D eigenvalue weighted by atomic mass is 35.5. The van der Waals surface area contributed by atoms with E-state index in [4.69, 9.17) is 16.3 Å². The van der Waals surface area contributed by atoms with Crippen LogP contribution in [-0.4, -0.2) is 47.3 Å². The van der Waals surface area contributed by atoms with Gasteiger partial charge in [0.2, 0.25) is 0 Å². The topological polar surface area (TPSA) is 45.6 Å². The number of rotatable bonds is 8. The molecule has 35 heavy (non-hydrogen) atoms. The minimum atomic E-state index is -0.472. The van der Waals surface area contributed by atoms with Crippen molar-refractivity contribution in [2.24, 2.45) is 5.92 Å². The van der Waals surface area contributed by atoms with Crippen LogP contribution in [0.4, 0.5) is 8.78 Å². The summed E-state index contributed by atoms with van der Waals surface area (Å²) in [5.41, 5.74) is 3.69. The quantitative estimate of drug-likeness (QED) is 0.278. The molecule has 0 radical (unpaired) electrons. The van der Waals surface area contributed by atoms with Gasteiger partial charge in [0, 0.05) is 36.7 Å². The third-order valence-corrected chi connectivity index (χ3v) is 7.31. The van der Waals surface area contributed by atoms with Crippen LogP contribution in [0.2, 0.25) is 5.02 Å². The molecular formula is C27H23ClF2N2O2S. The average molecular weight is 513 g/mol. The van der Waals surface area contributed by atoms with E-state index in [0.717, 1.165) is 34.7 Å². The fourth-order valence-electron chi connectivity index (χ4n) is 4.22. The third-order valence-electron chi connectivity index (χ3n) is 6.09. The number of likely N-dealkylation sites (tertiary alicyclic amines) is 1. The summed E-state index contributed by atoms with van der Waals surface area (Å²) < 4.78 is 38.1. The van der Waals surface area contributed by atoms with Gasteiger partial charge in [0.15, 0.2) is 11.6 Å². The SMILES string of the molecule is Oc1ccc(-c2snc(-c3ccccc3Cl)c2-c2ccc(OCCN3CC(CF)C3)c(F)c2)cc1. The summed E-state index contributed by atoms with van der Waals surface area (Å²) in [5, 5.41) is 10.3. The average Bonchev–Trinajstić information content (AvgIpc) is 3.27. The third kappa shape index (κ3) is 5.03. The number of nitrogens with zero attached hydrogens (tertiary/aromatic N) is 2. The van der Waals surface area contributed by atoms with Crippen molar-refractivity contribution in [3.63, 3.8) is 0 Å². The molecule has 3 aromatic carbocycles. The summed E-state index contributed by atoms with van der Waals surface area (Å²) >= 11 is 7.78. The van der Waals surface area contributed by atoms with E-state index in [9.17, 15) is 9.50 Å². The molecule has 1 aliphatic heterocycles. The molecular weight excluding hydrogens is 490 g/mol. The van der Waals surface area contributed by atoms with Gasteiger partial charge < -0.3 is 9.84 Å². The monoisotopic (exact) mass is 512 g/mol. The smallest absolute Gasteiger partial charge is 0.165 e. The molecule has 0 atom stereocenters. The standard InChI is InChI=1S/C27H23ClF2N2O2S/c28-22-4-2-1-3-21(22)26-25(27(35-31-26)18-5-8-20(33)9-6-18)19-7-10-24(23(30)13-19)34-12-11-32-15-17(14-29)16-32/h1-10,13,17,33H,11-12,14-16H2. The van der Waals surface area contributed by atoms with Gasteiger partial charge in [-0.25, -0.2) is 4.39 Å². The van der Waals surface area contributed by atoms with Crippen molar-refractivity contribution >= 4 is 23.1 Å². The molecule has 0 amide bonds. The van der Waals surface area contributed by atoms with Gasteiger partial charge >= 0.3 is 0 Å². The van der Waals surface area contributed by atoms with Crippen molar-refractivity contribution in [2.45, 2.75) is 0 Å². The lowest BCUT2D eigenvalue weighted by Gasteiger charge is -2.37. The molecule has 0 saturated carbocycles. The van der Waals surface area contributed by atoms with Crippen molar-refractivity contribution in [3.05, 3.63) is 77.6 Å². The summed E-state index contributed by atoms with van der Waals surface area (Å²) in [6.45, 7) is 2.11. The lowest BCUT2D eigenvalue weighted by Crippen LogP contribution is -2.49. The fraction of sp³-hybridized carbons (Fsp3) is 0.222. The molecule has 4 nitrogen and oxygen atoms in total. The molecule has 1 saturated heterocycles. The second-order valence-electron chi connectivity index (χ2n) is 8.54. The molecule has 8 heteroatoms. The summed E-state index contributed by atoms with van der Waals surface area (Å²) in [7, 11) is 0. The lowest BCUT2D eigenvalue weighted by molar-refractivity contribution is 0.0662. The van der Waals surface area contributed by atoms with E-state index in [-0.39, 0.29) is 24.1 Å². The molecule has 180 valence electrons. The molecule has 4 aromatic rings. The Hall–Kier alpha value is -3.00. The van der Waals surface area contributed by atoms with Gasteiger partial charge in [0.25, 0.3) is 0 Å². The maximum atomic E-state index is 15.1. The zero-order valence-corrected chi connectivity index (χ0v) is 20.3. The van der Waals surface area contributed by atoms with Crippen LogP contribution in [-0.2, 0) is 0 Å². The number of halogens is 3. The Morgan fingerprint density at radius 1 is 1.06 bits per heavy atom. The van der Waals surface area contributed by atoms with E-state index in [1.165, 1.54) is 17.6 Å². The number of hydrogen-bond acceptors (Lipinski definition) is 5. The molecule has 0 bridgehead atoms. The second kappa shape index (κ2) is 10.3. The van der Waals surface area contributed by atoms with Crippen molar-refractivity contribution in [2.75, 3.05) is 32.9 Å².